The van der Waals surface area contributed by atoms with E-state index in [-0.39, 0.29) is 5.54 Å². The summed E-state index contributed by atoms with van der Waals surface area (Å²) in [4.78, 5) is 5.07. The summed E-state index contributed by atoms with van der Waals surface area (Å²) in [7, 11) is 0. The fourth-order valence-corrected chi connectivity index (χ4v) is 2.32. The van der Waals surface area contributed by atoms with Crippen molar-refractivity contribution in [3.8, 4) is 0 Å². The van der Waals surface area contributed by atoms with E-state index < -0.39 is 0 Å². The minimum absolute atomic E-state index is 0.0426. The van der Waals surface area contributed by atoms with E-state index in [1.807, 2.05) is 0 Å². The number of hydrogen-bond donors (Lipinski definition) is 1. The summed E-state index contributed by atoms with van der Waals surface area (Å²) in [5.41, 5.74) is 6.09. The molecule has 0 aliphatic carbocycles. The summed E-state index contributed by atoms with van der Waals surface area (Å²) in [6.07, 6.45) is 0. The number of nitrogens with zero attached hydrogens (tertiary/aromatic N) is 2. The summed E-state index contributed by atoms with van der Waals surface area (Å²) in [6, 6.07) is 0.569. The zero-order chi connectivity index (χ0) is 8.77. The van der Waals surface area contributed by atoms with Crippen molar-refractivity contribution in [3.63, 3.8) is 0 Å². The molecule has 70 valence electrons. The second-order valence-electron chi connectivity index (χ2n) is 4.67. The SMILES string of the molecule is CC(C)(N)C1CN2CCN1CC2. The minimum atomic E-state index is -0.0426. The molecule has 0 radical (unpaired) electrons. The van der Waals surface area contributed by atoms with Gasteiger partial charge in [-0.1, -0.05) is 0 Å². The van der Waals surface area contributed by atoms with Crippen LogP contribution in [0.5, 0.6) is 0 Å². The number of fused-ring (bicyclic) bond motifs is 3. The quantitative estimate of drug-likeness (QED) is 0.586. The molecule has 3 heterocycles. The van der Waals surface area contributed by atoms with E-state index in [1.54, 1.807) is 0 Å². The molecule has 0 saturated carbocycles. The Labute approximate surface area is 74.5 Å². The standard InChI is InChI=1S/C9H19N3/c1-9(2,10)8-7-11-3-5-12(8)6-4-11/h8H,3-7,10H2,1-2H3. The van der Waals surface area contributed by atoms with Crippen LogP contribution < -0.4 is 5.73 Å². The van der Waals surface area contributed by atoms with Crippen LogP contribution in [0.4, 0.5) is 0 Å². The van der Waals surface area contributed by atoms with Gasteiger partial charge in [0.25, 0.3) is 0 Å². The van der Waals surface area contributed by atoms with Gasteiger partial charge in [-0.25, -0.2) is 0 Å². The molecule has 0 aromatic rings. The van der Waals surface area contributed by atoms with Crippen LogP contribution in [0.3, 0.4) is 0 Å². The molecule has 3 aliphatic heterocycles. The Morgan fingerprint density at radius 1 is 1.17 bits per heavy atom. The molecule has 3 nitrogen and oxygen atoms in total. The van der Waals surface area contributed by atoms with Crippen molar-refractivity contribution >= 4 is 0 Å². The predicted molar refractivity (Wildman–Crippen MR) is 50.1 cm³/mol. The Hall–Kier alpha value is -0.120. The molecule has 3 saturated heterocycles. The lowest BCUT2D eigenvalue weighted by Crippen LogP contribution is -2.68. The van der Waals surface area contributed by atoms with Gasteiger partial charge in [0.1, 0.15) is 0 Å². The topological polar surface area (TPSA) is 32.5 Å². The summed E-state index contributed by atoms with van der Waals surface area (Å²) in [5.74, 6) is 0. The van der Waals surface area contributed by atoms with Crippen molar-refractivity contribution in [1.29, 1.82) is 0 Å². The molecule has 0 aromatic heterocycles. The Morgan fingerprint density at radius 2 is 1.75 bits per heavy atom. The smallest absolute Gasteiger partial charge is 0.0398 e. The number of piperazine rings is 3. The molecule has 3 heteroatoms. The Kier molecular flexibility index (Phi) is 1.90. The lowest BCUT2D eigenvalue weighted by atomic mass is 9.90. The monoisotopic (exact) mass is 169 g/mol. The highest BCUT2D eigenvalue weighted by atomic mass is 15.4. The van der Waals surface area contributed by atoms with Gasteiger partial charge in [0.05, 0.1) is 0 Å². The van der Waals surface area contributed by atoms with Crippen molar-refractivity contribution in [1.82, 2.24) is 9.80 Å². The lowest BCUT2D eigenvalue weighted by molar-refractivity contribution is -0.0138. The second-order valence-corrected chi connectivity index (χ2v) is 4.67. The summed E-state index contributed by atoms with van der Waals surface area (Å²) in [6.45, 7) is 10.4. The van der Waals surface area contributed by atoms with Crippen LogP contribution in [-0.2, 0) is 0 Å². The Balaban J connectivity index is 2.09. The highest BCUT2D eigenvalue weighted by Crippen LogP contribution is 2.22. The predicted octanol–water partition coefficient (Wildman–Crippen LogP) is -0.276. The maximum Gasteiger partial charge on any atom is 0.0398 e. The van der Waals surface area contributed by atoms with Crippen molar-refractivity contribution in [2.24, 2.45) is 5.73 Å². The third-order valence-corrected chi connectivity index (χ3v) is 3.14. The average molecular weight is 169 g/mol. The minimum Gasteiger partial charge on any atom is -0.324 e. The van der Waals surface area contributed by atoms with Crippen molar-refractivity contribution in [2.45, 2.75) is 25.4 Å². The van der Waals surface area contributed by atoms with Gasteiger partial charge in [0.2, 0.25) is 0 Å². The maximum atomic E-state index is 6.13. The van der Waals surface area contributed by atoms with E-state index in [9.17, 15) is 0 Å². The third kappa shape index (κ3) is 1.37. The van der Waals surface area contributed by atoms with Crippen LogP contribution in [0.15, 0.2) is 0 Å². The van der Waals surface area contributed by atoms with Crippen LogP contribution in [0.1, 0.15) is 13.8 Å². The molecule has 2 N–H and O–H groups in total. The highest BCUT2D eigenvalue weighted by molar-refractivity contribution is 4.98. The fraction of sp³-hybridized carbons (Fsp3) is 1.00. The molecule has 3 rings (SSSR count). The van der Waals surface area contributed by atoms with E-state index in [0.717, 1.165) is 0 Å². The first-order chi connectivity index (χ1) is 5.57. The van der Waals surface area contributed by atoms with Gasteiger partial charge in [0, 0.05) is 44.3 Å². The van der Waals surface area contributed by atoms with Crippen LogP contribution in [0.2, 0.25) is 0 Å². The van der Waals surface area contributed by atoms with Crippen LogP contribution in [-0.4, -0.2) is 54.1 Å². The largest absolute Gasteiger partial charge is 0.324 e. The first-order valence-electron chi connectivity index (χ1n) is 4.82. The van der Waals surface area contributed by atoms with Gasteiger partial charge >= 0.3 is 0 Å². The van der Waals surface area contributed by atoms with Crippen molar-refractivity contribution in [3.05, 3.63) is 0 Å². The van der Waals surface area contributed by atoms with E-state index in [1.165, 1.54) is 32.7 Å². The number of rotatable bonds is 1. The molecule has 0 spiro atoms. The third-order valence-electron chi connectivity index (χ3n) is 3.14. The zero-order valence-corrected chi connectivity index (χ0v) is 8.08. The van der Waals surface area contributed by atoms with Crippen molar-refractivity contribution < 1.29 is 0 Å². The van der Waals surface area contributed by atoms with Gasteiger partial charge in [-0.05, 0) is 13.8 Å². The zero-order valence-electron chi connectivity index (χ0n) is 8.08. The summed E-state index contributed by atoms with van der Waals surface area (Å²) >= 11 is 0. The van der Waals surface area contributed by atoms with Gasteiger partial charge in [-0.3, -0.25) is 9.80 Å². The molecule has 3 aliphatic rings. The van der Waals surface area contributed by atoms with E-state index in [0.29, 0.717) is 6.04 Å². The average Bonchev–Trinajstić information content (AvgIpc) is 2.05. The van der Waals surface area contributed by atoms with Crippen molar-refractivity contribution in [2.75, 3.05) is 32.7 Å². The molecular formula is C9H19N3. The molecule has 2 bridgehead atoms. The molecule has 12 heavy (non-hydrogen) atoms. The van der Waals surface area contributed by atoms with Crippen LogP contribution >= 0.6 is 0 Å². The Bertz CT molecular complexity index is 165. The molecule has 0 amide bonds. The normalized spacial score (nSPS) is 41.8. The molecule has 1 atom stereocenters. The van der Waals surface area contributed by atoms with Crippen LogP contribution in [0.25, 0.3) is 0 Å². The fourth-order valence-electron chi connectivity index (χ4n) is 2.32. The lowest BCUT2D eigenvalue weighted by Gasteiger charge is -2.52. The number of hydrogen-bond acceptors (Lipinski definition) is 3. The first kappa shape index (κ1) is 8.48. The first-order valence-corrected chi connectivity index (χ1v) is 4.82. The maximum absolute atomic E-state index is 6.13. The highest BCUT2D eigenvalue weighted by Gasteiger charge is 2.38. The van der Waals surface area contributed by atoms with E-state index in [4.69, 9.17) is 5.73 Å². The van der Waals surface area contributed by atoms with Gasteiger partial charge in [-0.2, -0.15) is 0 Å². The van der Waals surface area contributed by atoms with Crippen LogP contribution in [0, 0.1) is 0 Å². The second kappa shape index (κ2) is 2.69. The van der Waals surface area contributed by atoms with Gasteiger partial charge < -0.3 is 5.73 Å². The molecular weight excluding hydrogens is 150 g/mol. The van der Waals surface area contributed by atoms with Gasteiger partial charge in [-0.15, -0.1) is 0 Å². The summed E-state index contributed by atoms with van der Waals surface area (Å²) < 4.78 is 0. The number of nitrogens with two attached hydrogens (primary N) is 1. The summed E-state index contributed by atoms with van der Waals surface area (Å²) in [5, 5.41) is 0. The Morgan fingerprint density at radius 3 is 2.00 bits per heavy atom. The molecule has 0 aromatic carbocycles. The van der Waals surface area contributed by atoms with Gasteiger partial charge in [0.15, 0.2) is 0 Å². The molecule has 1 unspecified atom stereocenters. The molecule has 3 fully saturated rings. The van der Waals surface area contributed by atoms with E-state index in [2.05, 4.69) is 23.6 Å². The van der Waals surface area contributed by atoms with E-state index >= 15 is 0 Å².